The minimum absolute atomic E-state index is 1.16. The van der Waals surface area contributed by atoms with E-state index in [1.807, 2.05) is 0 Å². The molecule has 12 heavy (non-hydrogen) atoms. The first-order valence-corrected chi connectivity index (χ1v) is 7.63. The molecule has 0 saturated heterocycles. The lowest BCUT2D eigenvalue weighted by Gasteiger charge is -1.92. The van der Waals surface area contributed by atoms with Crippen LogP contribution in [0, 0.1) is 0 Å². The molecule has 6 heteroatoms. The van der Waals surface area contributed by atoms with Crippen LogP contribution in [0.4, 0.5) is 0 Å². The lowest BCUT2D eigenvalue weighted by Crippen LogP contribution is -1.88. The van der Waals surface area contributed by atoms with Gasteiger partial charge in [0.25, 0.3) is 0 Å². The molecule has 0 aliphatic carbocycles. The highest BCUT2D eigenvalue weighted by atomic mass is 79.9. The molecule has 1 aromatic rings. The number of hydrogen-bond acceptors (Lipinski definition) is 1. The van der Waals surface area contributed by atoms with Crippen LogP contribution in [-0.2, 0) is 0 Å². The molecule has 0 amide bonds. The van der Waals surface area contributed by atoms with Crippen LogP contribution >= 0.6 is 86.0 Å². The van der Waals surface area contributed by atoms with Gasteiger partial charge in [0.1, 0.15) is 0 Å². The molecule has 0 saturated carbocycles. The molecule has 1 aliphatic heterocycles. The molecule has 0 atom stereocenters. The number of thiophene rings is 1. The first kappa shape index (κ1) is 10.1. The number of hydrogen-bond donors (Lipinski definition) is 0. The van der Waals surface area contributed by atoms with Crippen molar-refractivity contribution in [2.45, 2.75) is 0 Å². The standard InChI is InChI=1S/C6Br4S2/c7-3-1-2(5(9)11-3)6(10)12-4(1)8. The number of fused-ring (bicyclic) bond motifs is 1. The molecule has 2 heterocycles. The van der Waals surface area contributed by atoms with E-state index in [0.29, 0.717) is 0 Å². The van der Waals surface area contributed by atoms with Crippen LogP contribution in [0.3, 0.4) is 0 Å². The van der Waals surface area contributed by atoms with E-state index < -0.39 is 0 Å². The SMILES string of the molecule is BrC1=S=C(Br)c2c(Br)sc(Br)c21. The zero-order valence-corrected chi connectivity index (χ0v) is 13.3. The Hall–Kier alpha value is 1.58. The lowest BCUT2D eigenvalue weighted by molar-refractivity contribution is 1.82. The van der Waals surface area contributed by atoms with Crippen molar-refractivity contribution in [2.75, 3.05) is 0 Å². The minimum atomic E-state index is 1.16. The normalized spacial score (nSPS) is 15.0. The maximum Gasteiger partial charge on any atom is 0.0809 e. The molecular weight excluding hydrogens is 456 g/mol. The van der Waals surface area contributed by atoms with Gasteiger partial charge in [-0.1, -0.05) is 0 Å². The Morgan fingerprint density at radius 1 is 0.750 bits per heavy atom. The highest BCUT2D eigenvalue weighted by Gasteiger charge is 2.23. The summed E-state index contributed by atoms with van der Waals surface area (Å²) < 4.78 is 4.66. The van der Waals surface area contributed by atoms with Gasteiger partial charge in [0.2, 0.25) is 0 Å². The second-order valence-corrected chi connectivity index (χ2v) is 9.36. The van der Waals surface area contributed by atoms with Crippen molar-refractivity contribution in [3.63, 3.8) is 0 Å². The molecule has 0 N–H and O–H groups in total. The first-order valence-electron chi connectivity index (χ1n) is 2.82. The van der Waals surface area contributed by atoms with E-state index in [2.05, 4.69) is 63.7 Å². The summed E-state index contributed by atoms with van der Waals surface area (Å²) in [5, 5.41) is 0. The van der Waals surface area contributed by atoms with E-state index in [9.17, 15) is 0 Å². The molecule has 0 bridgehead atoms. The summed E-state index contributed by atoms with van der Waals surface area (Å²) in [6.45, 7) is 0. The Balaban J connectivity index is 2.79. The second-order valence-electron chi connectivity index (χ2n) is 2.05. The van der Waals surface area contributed by atoms with E-state index in [4.69, 9.17) is 0 Å². The summed E-state index contributed by atoms with van der Waals surface area (Å²) >= 11 is 15.8. The van der Waals surface area contributed by atoms with Gasteiger partial charge >= 0.3 is 0 Å². The van der Waals surface area contributed by atoms with Gasteiger partial charge in [0.15, 0.2) is 0 Å². The van der Waals surface area contributed by atoms with Gasteiger partial charge in [-0.15, -0.1) is 22.3 Å². The van der Waals surface area contributed by atoms with Crippen LogP contribution in [0.25, 0.3) is 0 Å². The van der Waals surface area contributed by atoms with Crippen molar-refractivity contribution < 1.29 is 0 Å². The predicted octanol–water partition coefficient (Wildman–Crippen LogP) is 4.77. The average Bonchev–Trinajstić information content (AvgIpc) is 2.38. The van der Waals surface area contributed by atoms with Crippen LogP contribution < -0.4 is 0 Å². The van der Waals surface area contributed by atoms with E-state index in [1.165, 1.54) is 26.2 Å². The summed E-state index contributed by atoms with van der Waals surface area (Å²) in [5.74, 6) is 0. The monoisotopic (exact) mass is 452 g/mol. The van der Waals surface area contributed by atoms with Crippen LogP contribution in [0.2, 0.25) is 0 Å². The van der Waals surface area contributed by atoms with Gasteiger partial charge in [0, 0.05) is 11.1 Å². The zero-order chi connectivity index (χ0) is 8.88. The highest BCUT2D eigenvalue weighted by molar-refractivity contribution is 9.23. The van der Waals surface area contributed by atoms with Crippen molar-refractivity contribution in [1.82, 2.24) is 0 Å². The van der Waals surface area contributed by atoms with Gasteiger partial charge in [-0.3, -0.25) is 0 Å². The highest BCUT2D eigenvalue weighted by Crippen LogP contribution is 2.42. The molecular formula is C6Br4S2. The quantitative estimate of drug-likeness (QED) is 0.391. The first-order chi connectivity index (χ1) is 5.61. The summed E-state index contributed by atoms with van der Waals surface area (Å²) in [6, 6.07) is 0. The Labute approximate surface area is 111 Å². The maximum atomic E-state index is 3.53. The molecule has 2 rings (SSSR count). The van der Waals surface area contributed by atoms with Gasteiger partial charge in [-0.2, -0.15) is 0 Å². The van der Waals surface area contributed by atoms with Crippen molar-refractivity contribution in [2.24, 2.45) is 0 Å². The minimum Gasteiger partial charge on any atom is -0.120 e. The van der Waals surface area contributed by atoms with E-state index in [0.717, 1.165) is 0 Å². The van der Waals surface area contributed by atoms with E-state index in [1.54, 1.807) is 22.3 Å². The van der Waals surface area contributed by atoms with E-state index in [-0.39, 0.29) is 0 Å². The Morgan fingerprint density at radius 2 is 1.17 bits per heavy atom. The fourth-order valence-corrected chi connectivity index (χ4v) is 8.47. The van der Waals surface area contributed by atoms with Gasteiger partial charge in [0.05, 0.1) is 15.1 Å². The Bertz CT molecular complexity index is 391. The molecule has 0 spiro atoms. The van der Waals surface area contributed by atoms with Crippen molar-refractivity contribution in [3.8, 4) is 0 Å². The van der Waals surface area contributed by atoms with Crippen molar-refractivity contribution in [1.29, 1.82) is 0 Å². The van der Waals surface area contributed by atoms with E-state index >= 15 is 0 Å². The average molecular weight is 456 g/mol. The smallest absolute Gasteiger partial charge is 0.0809 e. The summed E-state index contributed by atoms with van der Waals surface area (Å²) in [6.07, 6.45) is 0. The largest absolute Gasteiger partial charge is 0.120 e. The second kappa shape index (κ2) is 3.62. The van der Waals surface area contributed by atoms with Crippen molar-refractivity contribution in [3.05, 3.63) is 18.7 Å². The Kier molecular flexibility index (Phi) is 3.05. The maximum absolute atomic E-state index is 3.53. The number of halogens is 4. The predicted molar refractivity (Wildman–Crippen MR) is 73.4 cm³/mol. The molecule has 1 aliphatic rings. The van der Waals surface area contributed by atoms with Crippen LogP contribution in [0.15, 0.2) is 7.57 Å². The molecule has 0 aromatic carbocycles. The van der Waals surface area contributed by atoms with Crippen LogP contribution in [0.1, 0.15) is 11.1 Å². The molecule has 0 radical (unpaired) electrons. The summed E-state index contributed by atoms with van der Waals surface area (Å²) in [7, 11) is 1.70. The van der Waals surface area contributed by atoms with Gasteiger partial charge < -0.3 is 0 Å². The molecule has 0 fully saturated rings. The molecule has 0 unspecified atom stereocenters. The fraction of sp³-hybridized carbons (Fsp3) is 0. The summed E-state index contributed by atoms with van der Waals surface area (Å²) in [5.41, 5.74) is 2.51. The third-order valence-electron chi connectivity index (χ3n) is 1.39. The van der Waals surface area contributed by atoms with Gasteiger partial charge in [-0.25, -0.2) is 0 Å². The molecule has 0 nitrogen and oxygen atoms in total. The van der Waals surface area contributed by atoms with Crippen LogP contribution in [-0.4, -0.2) is 7.55 Å². The van der Waals surface area contributed by atoms with Gasteiger partial charge in [-0.05, 0) is 63.7 Å². The third-order valence-corrected chi connectivity index (χ3v) is 6.46. The molecule has 64 valence electrons. The van der Waals surface area contributed by atoms with Crippen molar-refractivity contribution >= 4 is 93.5 Å². The Morgan fingerprint density at radius 3 is 1.58 bits per heavy atom. The zero-order valence-electron chi connectivity index (χ0n) is 5.33. The molecule has 1 aromatic heterocycles. The van der Waals surface area contributed by atoms with Crippen LogP contribution in [0.5, 0.6) is 0 Å². The summed E-state index contributed by atoms with van der Waals surface area (Å²) in [4.78, 5) is 0. The number of rotatable bonds is 0. The third kappa shape index (κ3) is 1.48. The topological polar surface area (TPSA) is 0 Å². The fourth-order valence-electron chi connectivity index (χ4n) is 0.909. The lowest BCUT2D eigenvalue weighted by atomic mass is 10.2.